The highest BCUT2D eigenvalue weighted by atomic mass is 35.5. The maximum atomic E-state index is 5.74. The van der Waals surface area contributed by atoms with Gasteiger partial charge in [0.25, 0.3) is 0 Å². The Morgan fingerprint density at radius 2 is 2.18 bits per heavy atom. The van der Waals surface area contributed by atoms with E-state index in [1.807, 2.05) is 0 Å². The largest absolute Gasteiger partial charge is 0.493 e. The number of alkyl halides is 1. The molecule has 0 aromatic carbocycles. The molecule has 0 saturated carbocycles. The SMILES string of the molecule is COc1ccnc(CNCC(C)CCl)c1OC. The predicted molar refractivity (Wildman–Crippen MR) is 68.9 cm³/mol. The van der Waals surface area contributed by atoms with Gasteiger partial charge in [0.2, 0.25) is 0 Å². The Hall–Kier alpha value is -1.00. The van der Waals surface area contributed by atoms with Gasteiger partial charge in [-0.25, -0.2) is 0 Å². The van der Waals surface area contributed by atoms with Crippen LogP contribution in [0, 0.1) is 5.92 Å². The molecule has 17 heavy (non-hydrogen) atoms. The van der Waals surface area contributed by atoms with Gasteiger partial charge in [0, 0.05) is 24.7 Å². The summed E-state index contributed by atoms with van der Waals surface area (Å²) in [4.78, 5) is 4.28. The van der Waals surface area contributed by atoms with E-state index in [1.54, 1.807) is 26.5 Å². The first-order valence-electron chi connectivity index (χ1n) is 5.55. The molecular formula is C12H19ClN2O2. The van der Waals surface area contributed by atoms with Crippen LogP contribution in [0.4, 0.5) is 0 Å². The van der Waals surface area contributed by atoms with Crippen molar-refractivity contribution in [1.82, 2.24) is 10.3 Å². The molecule has 1 heterocycles. The van der Waals surface area contributed by atoms with E-state index in [0.29, 0.717) is 29.8 Å². The fraction of sp³-hybridized carbons (Fsp3) is 0.583. The van der Waals surface area contributed by atoms with Gasteiger partial charge < -0.3 is 14.8 Å². The number of hydrogen-bond acceptors (Lipinski definition) is 4. The Balaban J connectivity index is 2.64. The van der Waals surface area contributed by atoms with Crippen LogP contribution in [-0.2, 0) is 6.54 Å². The average Bonchev–Trinajstić information content (AvgIpc) is 2.37. The molecule has 1 atom stereocenters. The minimum atomic E-state index is 0.438. The van der Waals surface area contributed by atoms with Gasteiger partial charge in [0.1, 0.15) is 0 Å². The van der Waals surface area contributed by atoms with Crippen molar-refractivity contribution in [3.63, 3.8) is 0 Å². The minimum Gasteiger partial charge on any atom is -0.493 e. The van der Waals surface area contributed by atoms with Crippen LogP contribution in [-0.4, -0.2) is 31.6 Å². The van der Waals surface area contributed by atoms with E-state index < -0.39 is 0 Å². The van der Waals surface area contributed by atoms with Gasteiger partial charge in [-0.15, -0.1) is 11.6 Å². The van der Waals surface area contributed by atoms with Crippen molar-refractivity contribution in [2.75, 3.05) is 26.6 Å². The molecule has 4 nitrogen and oxygen atoms in total. The average molecular weight is 259 g/mol. The summed E-state index contributed by atoms with van der Waals surface area (Å²) < 4.78 is 10.5. The van der Waals surface area contributed by atoms with Crippen molar-refractivity contribution < 1.29 is 9.47 Å². The van der Waals surface area contributed by atoms with Crippen LogP contribution in [0.3, 0.4) is 0 Å². The van der Waals surface area contributed by atoms with Crippen LogP contribution in [0.1, 0.15) is 12.6 Å². The zero-order chi connectivity index (χ0) is 12.7. The molecule has 0 aliphatic carbocycles. The van der Waals surface area contributed by atoms with Crippen molar-refractivity contribution in [3.8, 4) is 11.5 Å². The zero-order valence-corrected chi connectivity index (χ0v) is 11.3. The number of pyridine rings is 1. The second kappa shape index (κ2) is 7.35. The molecule has 0 saturated heterocycles. The number of ether oxygens (including phenoxy) is 2. The smallest absolute Gasteiger partial charge is 0.183 e. The minimum absolute atomic E-state index is 0.438. The van der Waals surface area contributed by atoms with Crippen LogP contribution in [0.25, 0.3) is 0 Å². The van der Waals surface area contributed by atoms with Crippen molar-refractivity contribution in [2.45, 2.75) is 13.5 Å². The van der Waals surface area contributed by atoms with Gasteiger partial charge in [0.05, 0.1) is 19.9 Å². The van der Waals surface area contributed by atoms with Gasteiger partial charge in [-0.05, 0) is 12.5 Å². The highest BCUT2D eigenvalue weighted by Gasteiger charge is 2.10. The molecule has 1 N–H and O–H groups in total. The molecule has 0 spiro atoms. The summed E-state index contributed by atoms with van der Waals surface area (Å²) in [6.07, 6.45) is 1.71. The Labute approximate surface area is 107 Å². The van der Waals surface area contributed by atoms with Crippen LogP contribution < -0.4 is 14.8 Å². The molecule has 1 unspecified atom stereocenters. The van der Waals surface area contributed by atoms with E-state index in [9.17, 15) is 0 Å². The maximum absolute atomic E-state index is 5.74. The quantitative estimate of drug-likeness (QED) is 0.761. The molecular weight excluding hydrogens is 240 g/mol. The lowest BCUT2D eigenvalue weighted by atomic mass is 10.2. The second-order valence-corrected chi connectivity index (χ2v) is 4.19. The van der Waals surface area contributed by atoms with Gasteiger partial charge in [0.15, 0.2) is 11.5 Å². The fourth-order valence-electron chi connectivity index (χ4n) is 1.47. The molecule has 1 aromatic rings. The van der Waals surface area contributed by atoms with Gasteiger partial charge in [-0.2, -0.15) is 0 Å². The maximum Gasteiger partial charge on any atom is 0.183 e. The molecule has 5 heteroatoms. The molecule has 0 amide bonds. The molecule has 0 aliphatic heterocycles. The Morgan fingerprint density at radius 3 is 2.76 bits per heavy atom. The summed E-state index contributed by atoms with van der Waals surface area (Å²) >= 11 is 5.74. The van der Waals surface area contributed by atoms with E-state index in [-0.39, 0.29) is 0 Å². The Kier molecular flexibility index (Phi) is 6.08. The number of nitrogens with one attached hydrogen (secondary N) is 1. The summed E-state index contributed by atoms with van der Waals surface area (Å²) in [6.45, 7) is 3.59. The normalized spacial score (nSPS) is 12.2. The highest BCUT2D eigenvalue weighted by Crippen LogP contribution is 2.28. The van der Waals surface area contributed by atoms with E-state index in [4.69, 9.17) is 21.1 Å². The monoisotopic (exact) mass is 258 g/mol. The number of aromatic nitrogens is 1. The van der Waals surface area contributed by atoms with Gasteiger partial charge in [-0.1, -0.05) is 6.92 Å². The molecule has 0 radical (unpaired) electrons. The number of halogens is 1. The third kappa shape index (κ3) is 4.06. The van der Waals surface area contributed by atoms with Crippen molar-refractivity contribution >= 4 is 11.6 Å². The number of methoxy groups -OCH3 is 2. The van der Waals surface area contributed by atoms with Crippen LogP contribution in [0.15, 0.2) is 12.3 Å². The molecule has 1 aromatic heterocycles. The molecule has 1 rings (SSSR count). The first-order valence-corrected chi connectivity index (χ1v) is 6.08. The second-order valence-electron chi connectivity index (χ2n) is 3.88. The first-order chi connectivity index (χ1) is 8.22. The van der Waals surface area contributed by atoms with E-state index >= 15 is 0 Å². The number of rotatable bonds is 7. The highest BCUT2D eigenvalue weighted by molar-refractivity contribution is 6.18. The van der Waals surface area contributed by atoms with Gasteiger partial charge in [-0.3, -0.25) is 4.98 Å². The lowest BCUT2D eigenvalue weighted by Crippen LogP contribution is -2.22. The summed E-state index contributed by atoms with van der Waals surface area (Å²) in [6, 6.07) is 1.78. The van der Waals surface area contributed by atoms with Crippen LogP contribution in [0.5, 0.6) is 11.5 Å². The number of hydrogen-bond donors (Lipinski definition) is 1. The van der Waals surface area contributed by atoms with E-state index in [2.05, 4.69) is 17.2 Å². The van der Waals surface area contributed by atoms with Crippen LogP contribution >= 0.6 is 11.6 Å². The van der Waals surface area contributed by atoms with E-state index in [1.165, 1.54) is 0 Å². The van der Waals surface area contributed by atoms with Crippen molar-refractivity contribution in [3.05, 3.63) is 18.0 Å². The third-order valence-corrected chi connectivity index (χ3v) is 2.94. The standard InChI is InChI=1S/C12H19ClN2O2/c1-9(6-13)7-14-8-10-12(17-3)11(16-2)4-5-15-10/h4-5,9,14H,6-8H2,1-3H3. The van der Waals surface area contributed by atoms with Crippen LogP contribution in [0.2, 0.25) is 0 Å². The molecule has 0 fully saturated rings. The summed E-state index contributed by atoms with van der Waals surface area (Å²) in [5.41, 5.74) is 0.841. The lowest BCUT2D eigenvalue weighted by molar-refractivity contribution is 0.347. The predicted octanol–water partition coefficient (Wildman–Crippen LogP) is 2.06. The molecule has 96 valence electrons. The summed E-state index contributed by atoms with van der Waals surface area (Å²) in [5, 5.41) is 3.30. The van der Waals surface area contributed by atoms with Crippen molar-refractivity contribution in [1.29, 1.82) is 0 Å². The third-order valence-electron chi connectivity index (χ3n) is 2.41. The summed E-state index contributed by atoms with van der Waals surface area (Å²) in [7, 11) is 3.23. The van der Waals surface area contributed by atoms with Crippen molar-refractivity contribution in [2.24, 2.45) is 5.92 Å². The Morgan fingerprint density at radius 1 is 1.41 bits per heavy atom. The molecule has 0 bridgehead atoms. The fourth-order valence-corrected chi connectivity index (χ4v) is 1.58. The Bertz CT molecular complexity index is 347. The zero-order valence-electron chi connectivity index (χ0n) is 10.5. The number of nitrogens with zero attached hydrogens (tertiary/aromatic N) is 1. The molecule has 0 aliphatic rings. The lowest BCUT2D eigenvalue weighted by Gasteiger charge is -2.13. The van der Waals surface area contributed by atoms with Gasteiger partial charge >= 0.3 is 0 Å². The summed E-state index contributed by atoms with van der Waals surface area (Å²) in [5.74, 6) is 2.47. The topological polar surface area (TPSA) is 43.4 Å². The first kappa shape index (κ1) is 14.1. The van der Waals surface area contributed by atoms with E-state index in [0.717, 1.165) is 12.2 Å².